The summed E-state index contributed by atoms with van der Waals surface area (Å²) in [5.74, 6) is -1.32. The van der Waals surface area contributed by atoms with E-state index in [1.165, 1.54) is 14.2 Å². The maximum atomic E-state index is 13.1. The lowest BCUT2D eigenvalue weighted by Crippen LogP contribution is -2.41. The number of rotatable bonds is 7. The molecule has 180 valence electrons. The van der Waals surface area contributed by atoms with Crippen molar-refractivity contribution in [2.24, 2.45) is 0 Å². The largest absolute Gasteiger partial charge is 0.502 e. The number of hydrogen-bond donors (Lipinski definition) is 2. The van der Waals surface area contributed by atoms with Crippen LogP contribution in [0.4, 0.5) is 0 Å². The zero-order valence-corrected chi connectivity index (χ0v) is 19.0. The average Bonchev–Trinajstić information content (AvgIpc) is 2.85. The second-order valence-corrected chi connectivity index (χ2v) is 7.98. The normalized spacial score (nSPS) is 14.8. The highest BCUT2D eigenvalue weighted by molar-refractivity contribution is 5.82. The number of nitrogens with zero attached hydrogens (tertiary/aromatic N) is 1. The molecular weight excluding hydrogens is 444 g/mol. The van der Waals surface area contributed by atoms with Crippen LogP contribution in [0.1, 0.15) is 29.4 Å². The number of morpholine rings is 1. The van der Waals surface area contributed by atoms with Crippen LogP contribution < -0.4 is 15.7 Å². The first kappa shape index (κ1) is 23.5. The number of benzene rings is 1. The van der Waals surface area contributed by atoms with Crippen LogP contribution in [-0.4, -0.2) is 61.4 Å². The molecule has 0 bridgehead atoms. The number of ether oxygens (including phenoxy) is 3. The van der Waals surface area contributed by atoms with Crippen LogP contribution in [0.15, 0.2) is 44.3 Å². The molecule has 10 nitrogen and oxygen atoms in total. The first-order valence-corrected chi connectivity index (χ1v) is 10.8. The predicted molar refractivity (Wildman–Crippen MR) is 122 cm³/mol. The van der Waals surface area contributed by atoms with Gasteiger partial charge in [0.05, 0.1) is 26.2 Å². The van der Waals surface area contributed by atoms with Crippen LogP contribution in [0.5, 0.6) is 11.5 Å². The molecule has 0 radical (unpaired) electrons. The maximum Gasteiger partial charge on any atom is 0.252 e. The van der Waals surface area contributed by atoms with E-state index in [2.05, 4.69) is 4.98 Å². The number of amides is 1. The molecule has 1 aromatic carbocycles. The molecule has 2 aromatic heterocycles. The van der Waals surface area contributed by atoms with Gasteiger partial charge in [0.15, 0.2) is 5.76 Å². The van der Waals surface area contributed by atoms with Crippen LogP contribution in [0.3, 0.4) is 0 Å². The van der Waals surface area contributed by atoms with Crippen molar-refractivity contribution >= 4 is 16.8 Å². The topological polar surface area (TPSA) is 131 Å². The molecule has 1 amide bonds. The van der Waals surface area contributed by atoms with E-state index in [-0.39, 0.29) is 36.0 Å². The smallest absolute Gasteiger partial charge is 0.252 e. The van der Waals surface area contributed by atoms with Crippen molar-refractivity contribution in [3.05, 3.63) is 68.0 Å². The van der Waals surface area contributed by atoms with Crippen LogP contribution in [0.2, 0.25) is 0 Å². The van der Waals surface area contributed by atoms with Crippen molar-refractivity contribution in [3.8, 4) is 11.5 Å². The van der Waals surface area contributed by atoms with Crippen molar-refractivity contribution in [2.75, 3.05) is 40.5 Å². The van der Waals surface area contributed by atoms with Gasteiger partial charge in [-0.2, -0.15) is 0 Å². The van der Waals surface area contributed by atoms with Crippen molar-refractivity contribution in [1.29, 1.82) is 0 Å². The number of pyridine rings is 1. The second kappa shape index (κ2) is 10.1. The molecule has 3 heterocycles. The van der Waals surface area contributed by atoms with E-state index in [0.29, 0.717) is 43.0 Å². The Bertz CT molecular complexity index is 1310. The summed E-state index contributed by atoms with van der Waals surface area (Å²) in [4.78, 5) is 43.2. The van der Waals surface area contributed by atoms with Gasteiger partial charge in [-0.05, 0) is 24.3 Å². The fraction of sp³-hybridized carbons (Fsp3) is 0.375. The zero-order chi connectivity index (χ0) is 24.2. The highest BCUT2D eigenvalue weighted by Gasteiger charge is 2.30. The number of hydrogen-bond acceptors (Lipinski definition) is 8. The third-order valence-electron chi connectivity index (χ3n) is 5.80. The van der Waals surface area contributed by atoms with Gasteiger partial charge >= 0.3 is 0 Å². The first-order valence-electron chi connectivity index (χ1n) is 10.8. The Labute approximate surface area is 194 Å². The summed E-state index contributed by atoms with van der Waals surface area (Å²) in [5.41, 5.74) is -0.394. The Kier molecular flexibility index (Phi) is 6.99. The summed E-state index contributed by atoms with van der Waals surface area (Å²) in [6.45, 7) is 1.64. The lowest BCUT2D eigenvalue weighted by atomic mass is 9.91. The van der Waals surface area contributed by atoms with E-state index in [0.717, 1.165) is 6.07 Å². The number of aromatic hydroxyl groups is 1. The Morgan fingerprint density at radius 2 is 1.94 bits per heavy atom. The predicted octanol–water partition coefficient (Wildman–Crippen LogP) is 1.72. The minimum Gasteiger partial charge on any atom is -0.502 e. The zero-order valence-electron chi connectivity index (χ0n) is 19.0. The number of nitrogens with one attached hydrogen (secondary N) is 1. The summed E-state index contributed by atoms with van der Waals surface area (Å²) < 4.78 is 21.5. The molecule has 1 unspecified atom stereocenters. The van der Waals surface area contributed by atoms with Gasteiger partial charge < -0.3 is 33.6 Å². The van der Waals surface area contributed by atoms with Crippen molar-refractivity contribution in [3.63, 3.8) is 0 Å². The van der Waals surface area contributed by atoms with Gasteiger partial charge in [-0.15, -0.1) is 0 Å². The third-order valence-corrected chi connectivity index (χ3v) is 5.80. The quantitative estimate of drug-likeness (QED) is 0.534. The Morgan fingerprint density at radius 1 is 1.18 bits per heavy atom. The van der Waals surface area contributed by atoms with Gasteiger partial charge in [-0.25, -0.2) is 0 Å². The molecule has 10 heteroatoms. The standard InChI is InChI=1S/C24H26N2O8/c1-31-13-16-11-20(27)22(29)23(34-16)17(12-21(28)26-5-7-33-8-6-26)18-10-14-9-15(32-2)3-4-19(14)25-24(18)30/h3-4,9-11,17,29H,5-8,12-13H2,1-2H3,(H,25,30). The number of methoxy groups -OCH3 is 2. The van der Waals surface area contributed by atoms with Crippen LogP contribution in [0, 0.1) is 0 Å². The van der Waals surface area contributed by atoms with Crippen LogP contribution >= 0.6 is 0 Å². The van der Waals surface area contributed by atoms with Crippen LogP contribution in [0.25, 0.3) is 10.9 Å². The highest BCUT2D eigenvalue weighted by atomic mass is 16.5. The van der Waals surface area contributed by atoms with Crippen LogP contribution in [-0.2, 0) is 20.9 Å². The second-order valence-electron chi connectivity index (χ2n) is 7.98. The molecule has 1 fully saturated rings. The third kappa shape index (κ3) is 4.82. The van der Waals surface area contributed by atoms with E-state index in [1.807, 2.05) is 0 Å². The molecule has 0 spiro atoms. The molecule has 1 aliphatic heterocycles. The van der Waals surface area contributed by atoms with E-state index in [4.69, 9.17) is 18.6 Å². The van der Waals surface area contributed by atoms with E-state index < -0.39 is 22.7 Å². The molecule has 34 heavy (non-hydrogen) atoms. The van der Waals surface area contributed by atoms with Gasteiger partial charge in [0.25, 0.3) is 5.56 Å². The lowest BCUT2D eigenvalue weighted by molar-refractivity contribution is -0.135. The molecule has 1 saturated heterocycles. The maximum absolute atomic E-state index is 13.1. The summed E-state index contributed by atoms with van der Waals surface area (Å²) in [5, 5.41) is 11.3. The van der Waals surface area contributed by atoms with Gasteiger partial charge in [-0.3, -0.25) is 14.4 Å². The van der Waals surface area contributed by atoms with E-state index in [9.17, 15) is 19.5 Å². The summed E-state index contributed by atoms with van der Waals surface area (Å²) in [6.07, 6.45) is -0.189. The molecule has 4 rings (SSSR count). The molecule has 3 aromatic rings. The van der Waals surface area contributed by atoms with Crippen molar-refractivity contribution < 1.29 is 28.5 Å². The Morgan fingerprint density at radius 3 is 2.65 bits per heavy atom. The number of H-pyrrole nitrogens is 1. The fourth-order valence-corrected chi connectivity index (χ4v) is 4.05. The van der Waals surface area contributed by atoms with Gasteiger partial charge in [0.2, 0.25) is 17.1 Å². The average molecular weight is 470 g/mol. The number of carbonyl (C=O) groups is 1. The minimum atomic E-state index is -1.01. The number of carbonyl (C=O) groups excluding carboxylic acids is 1. The van der Waals surface area contributed by atoms with E-state index >= 15 is 0 Å². The molecule has 1 aliphatic rings. The highest BCUT2D eigenvalue weighted by Crippen LogP contribution is 2.33. The van der Waals surface area contributed by atoms with Crippen molar-refractivity contribution in [1.82, 2.24) is 9.88 Å². The Balaban J connectivity index is 1.86. The Hall–Kier alpha value is -3.63. The lowest BCUT2D eigenvalue weighted by Gasteiger charge is -2.28. The molecular formula is C24H26N2O8. The van der Waals surface area contributed by atoms with Crippen molar-refractivity contribution in [2.45, 2.75) is 18.9 Å². The van der Waals surface area contributed by atoms with Gasteiger partial charge in [0, 0.05) is 49.2 Å². The monoisotopic (exact) mass is 470 g/mol. The van der Waals surface area contributed by atoms with E-state index in [1.54, 1.807) is 29.2 Å². The molecule has 0 aliphatic carbocycles. The molecule has 2 N–H and O–H groups in total. The SMILES string of the molecule is COCc1cc(=O)c(O)c(C(CC(=O)N2CCOCC2)c2cc3cc(OC)ccc3[nH]c2=O)o1. The number of fused-ring (bicyclic) bond motifs is 1. The number of aromatic nitrogens is 1. The minimum absolute atomic E-state index is 0.0159. The summed E-state index contributed by atoms with van der Waals surface area (Å²) in [6, 6.07) is 7.92. The molecule has 1 atom stereocenters. The van der Waals surface area contributed by atoms with Gasteiger partial charge in [-0.1, -0.05) is 0 Å². The molecule has 0 saturated carbocycles. The number of aromatic amines is 1. The van der Waals surface area contributed by atoms with Gasteiger partial charge in [0.1, 0.15) is 18.1 Å². The summed E-state index contributed by atoms with van der Waals surface area (Å²) in [7, 11) is 2.97. The fourth-order valence-electron chi connectivity index (χ4n) is 4.05. The summed E-state index contributed by atoms with van der Waals surface area (Å²) >= 11 is 0. The first-order chi connectivity index (χ1) is 16.4.